The van der Waals surface area contributed by atoms with Gasteiger partial charge in [0.05, 0.1) is 0 Å². The average Bonchev–Trinajstić information content (AvgIpc) is 2.05. The Hall–Kier alpha value is 0.0934. The van der Waals surface area contributed by atoms with Crippen molar-refractivity contribution in [2.24, 2.45) is 5.41 Å². The molecule has 0 spiro atoms. The first kappa shape index (κ1) is 13.1. The molecular formula is C10H19O2Zn+. The van der Waals surface area contributed by atoms with Crippen LogP contribution in [0.4, 0.5) is 0 Å². The third-order valence-electron chi connectivity index (χ3n) is 2.13. The van der Waals surface area contributed by atoms with Crippen molar-refractivity contribution in [3.05, 3.63) is 0 Å². The van der Waals surface area contributed by atoms with E-state index in [1.165, 1.54) is 29.7 Å². The van der Waals surface area contributed by atoms with Crippen molar-refractivity contribution >= 4 is 5.97 Å². The summed E-state index contributed by atoms with van der Waals surface area (Å²) >= 11 is 1.36. The number of carbonyl (C=O) groups excluding carboxylic acids is 1. The molecule has 0 fully saturated rings. The molecular weight excluding hydrogens is 217 g/mol. The summed E-state index contributed by atoms with van der Waals surface area (Å²) in [6.07, 6.45) is 3.35. The van der Waals surface area contributed by atoms with E-state index in [1.807, 2.05) is 20.8 Å². The molecule has 0 N–H and O–H groups in total. The zero-order chi connectivity index (χ0) is 10.3. The molecule has 0 saturated heterocycles. The van der Waals surface area contributed by atoms with Gasteiger partial charge in [0.15, 0.2) is 0 Å². The van der Waals surface area contributed by atoms with Crippen LogP contribution in [-0.4, -0.2) is 12.6 Å². The molecule has 0 atom stereocenters. The Bertz CT molecular complexity index is 155. The Morgan fingerprint density at radius 2 is 2.00 bits per heavy atom. The van der Waals surface area contributed by atoms with Crippen molar-refractivity contribution in [3.8, 4) is 0 Å². The van der Waals surface area contributed by atoms with E-state index in [0.29, 0.717) is 6.61 Å². The van der Waals surface area contributed by atoms with Crippen LogP contribution in [0.15, 0.2) is 0 Å². The van der Waals surface area contributed by atoms with E-state index in [0.717, 1.165) is 12.8 Å². The van der Waals surface area contributed by atoms with Gasteiger partial charge < -0.3 is 0 Å². The zero-order valence-corrected chi connectivity index (χ0v) is 12.0. The zero-order valence-electron chi connectivity index (χ0n) is 9.06. The molecule has 13 heavy (non-hydrogen) atoms. The van der Waals surface area contributed by atoms with Gasteiger partial charge in [-0.1, -0.05) is 0 Å². The Kier molecular flexibility index (Phi) is 6.58. The normalized spacial score (nSPS) is 11.5. The van der Waals surface area contributed by atoms with Crippen molar-refractivity contribution in [1.82, 2.24) is 0 Å². The van der Waals surface area contributed by atoms with E-state index < -0.39 is 0 Å². The third-order valence-corrected chi connectivity index (χ3v) is 3.18. The van der Waals surface area contributed by atoms with Gasteiger partial charge in [-0.15, -0.1) is 0 Å². The molecule has 0 aliphatic carbocycles. The Morgan fingerprint density at radius 3 is 2.46 bits per heavy atom. The molecule has 0 aromatic heterocycles. The summed E-state index contributed by atoms with van der Waals surface area (Å²) in [5.41, 5.74) is -0.287. The number of unbranched alkanes of at least 4 members (excludes halogenated alkanes) is 1. The van der Waals surface area contributed by atoms with Gasteiger partial charge in [-0.3, -0.25) is 0 Å². The van der Waals surface area contributed by atoms with Gasteiger partial charge >= 0.3 is 90.9 Å². The summed E-state index contributed by atoms with van der Waals surface area (Å²) in [6, 6.07) is 0. The number of rotatable bonds is 6. The third kappa shape index (κ3) is 5.41. The van der Waals surface area contributed by atoms with Crippen LogP contribution in [0.2, 0.25) is 5.02 Å². The standard InChI is InChI=1S/C10H19O2.Zn/c1-5-7-8-10(3,4)9(11)12-6-2;/h1,5-8H2,2-4H3;/q;+1. The van der Waals surface area contributed by atoms with E-state index in [2.05, 4.69) is 0 Å². The number of ether oxygens (including phenoxy) is 1. The van der Waals surface area contributed by atoms with Gasteiger partial charge in [-0.25, -0.2) is 0 Å². The van der Waals surface area contributed by atoms with E-state index in [-0.39, 0.29) is 11.4 Å². The minimum absolute atomic E-state index is 0.0536. The van der Waals surface area contributed by atoms with Crippen molar-refractivity contribution < 1.29 is 27.8 Å². The van der Waals surface area contributed by atoms with Gasteiger partial charge in [-0.2, -0.15) is 0 Å². The first-order chi connectivity index (χ1) is 6.04. The quantitative estimate of drug-likeness (QED) is 0.403. The second-order valence-corrected chi connectivity index (χ2v) is 5.40. The molecule has 0 saturated carbocycles. The Morgan fingerprint density at radius 1 is 1.38 bits per heavy atom. The van der Waals surface area contributed by atoms with Crippen LogP contribution >= 0.6 is 0 Å². The van der Waals surface area contributed by atoms with Gasteiger partial charge in [0, 0.05) is 0 Å². The molecule has 0 radical (unpaired) electrons. The minimum atomic E-state index is -0.287. The fraction of sp³-hybridized carbons (Fsp3) is 0.900. The summed E-state index contributed by atoms with van der Waals surface area (Å²) < 4.78 is 5.01. The summed E-state index contributed by atoms with van der Waals surface area (Å²) in [6.45, 7) is 6.28. The molecule has 2 nitrogen and oxygen atoms in total. The molecule has 0 unspecified atom stereocenters. The summed E-state index contributed by atoms with van der Waals surface area (Å²) in [4.78, 5) is 11.4. The summed E-state index contributed by atoms with van der Waals surface area (Å²) in [7, 11) is 0. The monoisotopic (exact) mass is 235 g/mol. The Balaban J connectivity index is 3.83. The molecule has 0 aromatic carbocycles. The second-order valence-electron chi connectivity index (χ2n) is 3.92. The van der Waals surface area contributed by atoms with Gasteiger partial charge in [0.1, 0.15) is 0 Å². The van der Waals surface area contributed by atoms with Crippen LogP contribution in [0, 0.1) is 5.41 Å². The van der Waals surface area contributed by atoms with Crippen molar-refractivity contribution in [2.45, 2.75) is 45.0 Å². The molecule has 0 heterocycles. The average molecular weight is 237 g/mol. The molecule has 0 rings (SSSR count). The van der Waals surface area contributed by atoms with Gasteiger partial charge in [0.25, 0.3) is 0 Å². The molecule has 0 bridgehead atoms. The molecule has 0 aromatic rings. The number of hydrogen-bond donors (Lipinski definition) is 0. The van der Waals surface area contributed by atoms with Gasteiger partial charge in [0.2, 0.25) is 0 Å². The number of hydrogen-bond acceptors (Lipinski definition) is 2. The van der Waals surface area contributed by atoms with Crippen LogP contribution < -0.4 is 0 Å². The van der Waals surface area contributed by atoms with Crippen molar-refractivity contribution in [1.29, 1.82) is 0 Å². The molecule has 72 valence electrons. The van der Waals surface area contributed by atoms with E-state index in [9.17, 15) is 4.79 Å². The van der Waals surface area contributed by atoms with Crippen molar-refractivity contribution in [3.63, 3.8) is 0 Å². The number of esters is 1. The second kappa shape index (κ2) is 6.53. The summed E-state index contributed by atoms with van der Waals surface area (Å²) in [5.74, 6) is -0.0536. The molecule has 0 aliphatic rings. The Labute approximate surface area is 91.1 Å². The predicted octanol–water partition coefficient (Wildman–Crippen LogP) is 2.71. The van der Waals surface area contributed by atoms with E-state index in [1.54, 1.807) is 0 Å². The number of carbonyl (C=O) groups is 1. The predicted molar refractivity (Wildman–Crippen MR) is 49.1 cm³/mol. The maximum absolute atomic E-state index is 11.4. The van der Waals surface area contributed by atoms with Crippen molar-refractivity contribution in [2.75, 3.05) is 6.61 Å². The topological polar surface area (TPSA) is 26.3 Å². The molecule has 0 aliphatic heterocycles. The fourth-order valence-electron chi connectivity index (χ4n) is 1.17. The van der Waals surface area contributed by atoms with Crippen LogP contribution in [0.1, 0.15) is 40.0 Å². The van der Waals surface area contributed by atoms with Crippen LogP contribution in [-0.2, 0) is 27.8 Å². The fourth-order valence-corrected chi connectivity index (χ4v) is 1.91. The van der Waals surface area contributed by atoms with E-state index >= 15 is 0 Å². The van der Waals surface area contributed by atoms with Crippen LogP contribution in [0.3, 0.4) is 0 Å². The molecule has 3 heteroatoms. The van der Waals surface area contributed by atoms with Crippen LogP contribution in [0.5, 0.6) is 0 Å². The molecule has 0 amide bonds. The SMILES string of the molecule is CCOC(=O)C(C)(C)CCC[CH2][Zn+]. The summed E-state index contributed by atoms with van der Waals surface area (Å²) in [5, 5.41) is 1.32. The van der Waals surface area contributed by atoms with Crippen LogP contribution in [0.25, 0.3) is 0 Å². The first-order valence-corrected chi connectivity index (χ1v) is 7.11. The van der Waals surface area contributed by atoms with E-state index in [4.69, 9.17) is 4.74 Å². The maximum atomic E-state index is 11.4. The van der Waals surface area contributed by atoms with Gasteiger partial charge in [-0.05, 0) is 0 Å². The first-order valence-electron chi connectivity index (χ1n) is 5.01.